The zero-order chi connectivity index (χ0) is 19.3. The average molecular weight is 400 g/mol. The van der Waals surface area contributed by atoms with Gasteiger partial charge in [0.1, 0.15) is 5.82 Å². The Morgan fingerprint density at radius 3 is 2.68 bits per heavy atom. The molecule has 9 heteroatoms. The van der Waals surface area contributed by atoms with E-state index < -0.39 is 0 Å². The molecule has 0 aliphatic carbocycles. The molecule has 1 aliphatic heterocycles. The Hall–Kier alpha value is -3.00. The van der Waals surface area contributed by atoms with Crippen LogP contribution in [0.3, 0.4) is 0 Å². The van der Waals surface area contributed by atoms with Crippen molar-refractivity contribution in [2.45, 2.75) is 6.42 Å². The molecule has 3 N–H and O–H groups in total. The lowest BCUT2D eigenvalue weighted by atomic mass is 10.2. The second kappa shape index (κ2) is 8.35. The summed E-state index contributed by atoms with van der Waals surface area (Å²) in [6, 6.07) is 11.6. The van der Waals surface area contributed by atoms with Crippen LogP contribution in [0.25, 0.3) is 11.6 Å². The van der Waals surface area contributed by atoms with Crippen molar-refractivity contribution in [3.63, 3.8) is 0 Å². The zero-order valence-corrected chi connectivity index (χ0v) is 16.1. The van der Waals surface area contributed by atoms with Crippen LogP contribution in [0.15, 0.2) is 52.1 Å². The maximum absolute atomic E-state index is 6.18. The number of aliphatic imine (C=N–C) groups is 1. The first-order chi connectivity index (χ1) is 13.7. The predicted octanol–water partition coefficient (Wildman–Crippen LogP) is 2.40. The molecule has 3 aromatic rings. The molecule has 0 amide bonds. The van der Waals surface area contributed by atoms with Gasteiger partial charge in [-0.3, -0.25) is 10.1 Å². The number of aromatic amines is 1. The van der Waals surface area contributed by atoms with Crippen molar-refractivity contribution in [1.29, 1.82) is 0 Å². The highest BCUT2D eigenvalue weighted by molar-refractivity contribution is 6.30. The van der Waals surface area contributed by atoms with Gasteiger partial charge in [0.15, 0.2) is 11.7 Å². The molecule has 28 heavy (non-hydrogen) atoms. The summed E-state index contributed by atoms with van der Waals surface area (Å²) in [5, 5.41) is 7.82. The highest BCUT2D eigenvalue weighted by atomic mass is 35.5. The number of furan rings is 1. The largest absolute Gasteiger partial charge is 0.461 e. The van der Waals surface area contributed by atoms with Gasteiger partial charge < -0.3 is 20.0 Å². The van der Waals surface area contributed by atoms with Gasteiger partial charge in [-0.1, -0.05) is 11.6 Å². The fourth-order valence-electron chi connectivity index (χ4n) is 3.15. The number of hydrogen-bond acceptors (Lipinski definition) is 5. The number of nitrogens with two attached hydrogens (primary N) is 1. The summed E-state index contributed by atoms with van der Waals surface area (Å²) in [4.78, 5) is 13.3. The van der Waals surface area contributed by atoms with Crippen LogP contribution in [0.5, 0.6) is 0 Å². The smallest absolute Gasteiger partial charge is 0.216 e. The van der Waals surface area contributed by atoms with E-state index >= 15 is 0 Å². The van der Waals surface area contributed by atoms with Gasteiger partial charge in [-0.05, 0) is 36.4 Å². The Balaban J connectivity index is 1.26. The summed E-state index contributed by atoms with van der Waals surface area (Å²) < 4.78 is 5.29. The quantitative estimate of drug-likeness (QED) is 0.504. The third kappa shape index (κ3) is 4.28. The van der Waals surface area contributed by atoms with Gasteiger partial charge in [-0.25, -0.2) is 4.98 Å². The van der Waals surface area contributed by atoms with Crippen LogP contribution in [0.2, 0.25) is 5.02 Å². The van der Waals surface area contributed by atoms with E-state index in [1.54, 1.807) is 6.26 Å². The minimum atomic E-state index is 0.551. The number of aromatic nitrogens is 3. The number of H-pyrrole nitrogens is 1. The molecule has 146 valence electrons. The molecule has 0 unspecified atom stereocenters. The third-order valence-corrected chi connectivity index (χ3v) is 4.94. The second-order valence-corrected chi connectivity index (χ2v) is 6.96. The summed E-state index contributed by atoms with van der Waals surface area (Å²) >= 11 is 5.96. The molecular weight excluding hydrogens is 378 g/mol. The Morgan fingerprint density at radius 1 is 1.18 bits per heavy atom. The lowest BCUT2D eigenvalue weighted by molar-refractivity contribution is 0.381. The Labute approximate surface area is 168 Å². The van der Waals surface area contributed by atoms with Crippen LogP contribution in [0.1, 0.15) is 5.82 Å². The standard InChI is InChI=1S/C19H22ClN7O/c20-14-3-5-15(6-4-14)26-9-11-27(12-10-26)19(21)22-8-7-17-23-18(25-24-17)16-2-1-13-28-16/h1-6,13H,7-12H2,(H2,21,22)(H,23,24,25). The van der Waals surface area contributed by atoms with Crippen LogP contribution in [0.4, 0.5) is 5.69 Å². The maximum Gasteiger partial charge on any atom is 0.216 e. The number of guanidine groups is 1. The molecule has 3 heterocycles. The Bertz CT molecular complexity index is 912. The first-order valence-corrected chi connectivity index (χ1v) is 9.57. The minimum absolute atomic E-state index is 0.551. The molecule has 0 radical (unpaired) electrons. The lowest BCUT2D eigenvalue weighted by Crippen LogP contribution is -2.51. The van der Waals surface area contributed by atoms with Gasteiger partial charge in [-0.2, -0.15) is 5.10 Å². The molecule has 1 aliphatic rings. The molecule has 8 nitrogen and oxygen atoms in total. The van der Waals surface area contributed by atoms with Crippen LogP contribution >= 0.6 is 11.6 Å². The van der Waals surface area contributed by atoms with Gasteiger partial charge in [-0.15, -0.1) is 0 Å². The topological polar surface area (TPSA) is 99.6 Å². The second-order valence-electron chi connectivity index (χ2n) is 6.52. The molecule has 1 aromatic carbocycles. The van der Waals surface area contributed by atoms with Gasteiger partial charge in [0.2, 0.25) is 5.82 Å². The van der Waals surface area contributed by atoms with Gasteiger partial charge >= 0.3 is 0 Å². The van der Waals surface area contributed by atoms with E-state index in [9.17, 15) is 0 Å². The highest BCUT2D eigenvalue weighted by Crippen LogP contribution is 2.19. The van der Waals surface area contributed by atoms with E-state index in [1.165, 1.54) is 5.69 Å². The molecular formula is C19H22ClN7O. The van der Waals surface area contributed by atoms with Crippen molar-refractivity contribution < 1.29 is 4.42 Å². The zero-order valence-electron chi connectivity index (χ0n) is 15.4. The summed E-state index contributed by atoms with van der Waals surface area (Å²) in [5.41, 5.74) is 7.36. The number of anilines is 1. The molecule has 4 rings (SSSR count). The van der Waals surface area contributed by atoms with Crippen LogP contribution < -0.4 is 10.6 Å². The molecule has 1 saturated heterocycles. The van der Waals surface area contributed by atoms with Gasteiger partial charge in [0.05, 0.1) is 6.26 Å². The van der Waals surface area contributed by atoms with Crippen molar-refractivity contribution in [2.24, 2.45) is 10.7 Å². The van der Waals surface area contributed by atoms with E-state index in [2.05, 4.69) is 30.0 Å². The van der Waals surface area contributed by atoms with Crippen LogP contribution in [-0.4, -0.2) is 58.8 Å². The molecule has 0 saturated carbocycles. The SMILES string of the molecule is NC(=NCCc1nc(-c2ccco2)n[nH]1)N1CCN(c2ccc(Cl)cc2)CC1. The lowest BCUT2D eigenvalue weighted by Gasteiger charge is -2.36. The average Bonchev–Trinajstić information content (AvgIpc) is 3.40. The molecule has 2 aromatic heterocycles. The normalized spacial score (nSPS) is 15.2. The fourth-order valence-corrected chi connectivity index (χ4v) is 3.27. The van der Waals surface area contributed by atoms with Gasteiger partial charge in [0.25, 0.3) is 0 Å². The van der Waals surface area contributed by atoms with E-state index in [0.29, 0.717) is 30.5 Å². The van der Waals surface area contributed by atoms with E-state index in [0.717, 1.165) is 37.0 Å². The van der Waals surface area contributed by atoms with Crippen molar-refractivity contribution in [3.05, 3.63) is 53.5 Å². The molecule has 0 bridgehead atoms. The monoisotopic (exact) mass is 399 g/mol. The summed E-state index contributed by atoms with van der Waals surface area (Å²) in [7, 11) is 0. The van der Waals surface area contributed by atoms with Crippen LogP contribution in [0, 0.1) is 0 Å². The summed E-state index contributed by atoms with van der Waals surface area (Å²) in [5.74, 6) is 2.52. The minimum Gasteiger partial charge on any atom is -0.461 e. The fraction of sp³-hybridized carbons (Fsp3) is 0.316. The van der Waals surface area contributed by atoms with Gasteiger partial charge in [0, 0.05) is 49.9 Å². The summed E-state index contributed by atoms with van der Waals surface area (Å²) in [6.45, 7) is 4.01. The first-order valence-electron chi connectivity index (χ1n) is 9.19. The first kappa shape index (κ1) is 18.4. The third-order valence-electron chi connectivity index (χ3n) is 4.69. The number of halogens is 1. The number of hydrogen-bond donors (Lipinski definition) is 2. The number of benzene rings is 1. The predicted molar refractivity (Wildman–Crippen MR) is 110 cm³/mol. The van der Waals surface area contributed by atoms with E-state index in [1.807, 2.05) is 36.4 Å². The highest BCUT2D eigenvalue weighted by Gasteiger charge is 2.18. The van der Waals surface area contributed by atoms with E-state index in [-0.39, 0.29) is 0 Å². The van der Waals surface area contributed by atoms with Crippen LogP contribution in [-0.2, 0) is 6.42 Å². The maximum atomic E-state index is 6.18. The number of nitrogens with one attached hydrogen (secondary N) is 1. The molecule has 0 spiro atoms. The summed E-state index contributed by atoms with van der Waals surface area (Å²) in [6.07, 6.45) is 2.24. The molecule has 1 fully saturated rings. The Morgan fingerprint density at radius 2 is 1.96 bits per heavy atom. The van der Waals surface area contributed by atoms with Crippen molar-refractivity contribution >= 4 is 23.2 Å². The van der Waals surface area contributed by atoms with Crippen molar-refractivity contribution in [3.8, 4) is 11.6 Å². The number of piperazine rings is 1. The molecule has 0 atom stereocenters. The van der Waals surface area contributed by atoms with Crippen molar-refractivity contribution in [2.75, 3.05) is 37.6 Å². The number of rotatable bonds is 5. The van der Waals surface area contributed by atoms with E-state index in [4.69, 9.17) is 21.8 Å². The van der Waals surface area contributed by atoms with Crippen molar-refractivity contribution in [1.82, 2.24) is 20.1 Å². The number of nitrogens with zero attached hydrogens (tertiary/aromatic N) is 5. The Kier molecular flexibility index (Phi) is 5.48.